The zero-order valence-corrected chi connectivity index (χ0v) is 9.33. The number of aromatic amines is 1. The number of nitrogens with one attached hydrogen (secondary N) is 1. The van der Waals surface area contributed by atoms with Gasteiger partial charge in [-0.05, 0) is 0 Å². The largest absolute Gasteiger partial charge is 0.480 e. The molecule has 0 aliphatic carbocycles. The number of hydrogen-bond donors (Lipinski definition) is 2. The van der Waals surface area contributed by atoms with Gasteiger partial charge in [-0.25, -0.2) is 0 Å². The quantitative estimate of drug-likeness (QED) is 0.438. The number of nitrogens with zero attached hydrogens (tertiary/aromatic N) is 2. The van der Waals surface area contributed by atoms with Gasteiger partial charge in [-0.1, -0.05) is 6.08 Å². The summed E-state index contributed by atoms with van der Waals surface area (Å²) < 4.78 is 0. The van der Waals surface area contributed by atoms with E-state index in [-0.39, 0.29) is 17.9 Å². The van der Waals surface area contributed by atoms with Crippen molar-refractivity contribution in [3.63, 3.8) is 0 Å². The van der Waals surface area contributed by atoms with Gasteiger partial charge in [0, 0.05) is 12.6 Å². The third-order valence-electron chi connectivity index (χ3n) is 2.07. The summed E-state index contributed by atoms with van der Waals surface area (Å²) in [7, 11) is 0. The van der Waals surface area contributed by atoms with Crippen molar-refractivity contribution in [1.82, 2.24) is 9.88 Å². The lowest BCUT2D eigenvalue weighted by atomic mass is 10.3. The third-order valence-corrected chi connectivity index (χ3v) is 2.07. The molecular formula is C10H11N3O5. The molecule has 0 radical (unpaired) electrons. The number of carboxylic acid groups (broad SMARTS) is 1. The summed E-state index contributed by atoms with van der Waals surface area (Å²) in [6.07, 6.45) is 2.44. The molecule has 0 saturated heterocycles. The molecule has 1 amide bonds. The molecule has 0 fully saturated rings. The zero-order valence-electron chi connectivity index (χ0n) is 9.33. The average Bonchev–Trinajstić information content (AvgIpc) is 2.76. The number of H-pyrrole nitrogens is 1. The Balaban J connectivity index is 2.90. The first-order valence-electron chi connectivity index (χ1n) is 4.90. The molecule has 1 aromatic rings. The van der Waals surface area contributed by atoms with Gasteiger partial charge in [0.05, 0.1) is 11.1 Å². The molecule has 8 nitrogen and oxygen atoms in total. The Hall–Kier alpha value is -2.64. The fraction of sp³-hybridized carbons (Fsp3) is 0.200. The number of carboxylic acids is 1. The van der Waals surface area contributed by atoms with Crippen LogP contribution in [0.15, 0.2) is 24.9 Å². The summed E-state index contributed by atoms with van der Waals surface area (Å²) in [6, 6.07) is 1.06. The summed E-state index contributed by atoms with van der Waals surface area (Å²) in [5.41, 5.74) is -0.294. The molecule has 0 spiro atoms. The van der Waals surface area contributed by atoms with Crippen molar-refractivity contribution in [2.45, 2.75) is 0 Å². The molecule has 18 heavy (non-hydrogen) atoms. The summed E-state index contributed by atoms with van der Waals surface area (Å²) in [5.74, 6) is -1.81. The first-order chi connectivity index (χ1) is 8.45. The number of aromatic nitrogens is 1. The first-order valence-corrected chi connectivity index (χ1v) is 4.90. The Bertz CT molecular complexity index is 493. The van der Waals surface area contributed by atoms with E-state index in [9.17, 15) is 19.7 Å². The molecule has 0 aliphatic rings. The first kappa shape index (κ1) is 13.4. The molecule has 0 bridgehead atoms. The molecule has 0 unspecified atom stereocenters. The minimum atomic E-state index is -1.17. The van der Waals surface area contributed by atoms with E-state index in [0.29, 0.717) is 0 Å². The molecular weight excluding hydrogens is 242 g/mol. The monoisotopic (exact) mass is 253 g/mol. The van der Waals surface area contributed by atoms with Crippen LogP contribution in [0.25, 0.3) is 0 Å². The van der Waals surface area contributed by atoms with Gasteiger partial charge in [0.15, 0.2) is 0 Å². The van der Waals surface area contributed by atoms with E-state index in [1.54, 1.807) is 0 Å². The summed E-state index contributed by atoms with van der Waals surface area (Å²) in [5, 5.41) is 19.1. The van der Waals surface area contributed by atoms with E-state index >= 15 is 0 Å². The van der Waals surface area contributed by atoms with Gasteiger partial charge in [-0.15, -0.1) is 6.58 Å². The van der Waals surface area contributed by atoms with Crippen LogP contribution in [0.5, 0.6) is 0 Å². The van der Waals surface area contributed by atoms with Gasteiger partial charge in [0.2, 0.25) is 0 Å². The number of amides is 1. The topological polar surface area (TPSA) is 117 Å². The summed E-state index contributed by atoms with van der Waals surface area (Å²) in [4.78, 5) is 35.7. The maximum atomic E-state index is 11.9. The fourth-order valence-corrected chi connectivity index (χ4v) is 1.32. The highest BCUT2D eigenvalue weighted by molar-refractivity contribution is 5.95. The van der Waals surface area contributed by atoms with Crippen LogP contribution in [0.1, 0.15) is 10.5 Å². The van der Waals surface area contributed by atoms with Crippen molar-refractivity contribution in [2.24, 2.45) is 0 Å². The lowest BCUT2D eigenvalue weighted by Gasteiger charge is -2.17. The van der Waals surface area contributed by atoms with E-state index in [4.69, 9.17) is 5.11 Å². The summed E-state index contributed by atoms with van der Waals surface area (Å²) in [6.45, 7) is 2.95. The highest BCUT2D eigenvalue weighted by Crippen LogP contribution is 2.13. The van der Waals surface area contributed by atoms with Crippen LogP contribution in [-0.4, -0.2) is 44.9 Å². The summed E-state index contributed by atoms with van der Waals surface area (Å²) >= 11 is 0. The van der Waals surface area contributed by atoms with E-state index in [0.717, 1.165) is 17.2 Å². The van der Waals surface area contributed by atoms with Crippen molar-refractivity contribution in [3.05, 3.63) is 40.7 Å². The van der Waals surface area contributed by atoms with Crippen molar-refractivity contribution < 1.29 is 19.6 Å². The smallest absolute Gasteiger partial charge is 0.323 e. The molecule has 1 rings (SSSR count). The maximum Gasteiger partial charge on any atom is 0.323 e. The van der Waals surface area contributed by atoms with Gasteiger partial charge in [0.25, 0.3) is 11.6 Å². The van der Waals surface area contributed by atoms with Crippen molar-refractivity contribution in [3.8, 4) is 0 Å². The second kappa shape index (κ2) is 5.62. The van der Waals surface area contributed by atoms with E-state index < -0.39 is 23.3 Å². The standard InChI is InChI=1S/C10H11N3O5/c1-2-3-12(6-9(14)15)10(16)8-4-7(5-11-8)13(17)18/h2,4-5,11H,1,3,6H2,(H,14,15). The van der Waals surface area contributed by atoms with Crippen LogP contribution in [0, 0.1) is 10.1 Å². The van der Waals surface area contributed by atoms with Crippen molar-refractivity contribution >= 4 is 17.6 Å². The Morgan fingerprint density at radius 2 is 2.28 bits per heavy atom. The van der Waals surface area contributed by atoms with Crippen LogP contribution in [-0.2, 0) is 4.79 Å². The van der Waals surface area contributed by atoms with E-state index in [1.807, 2.05) is 0 Å². The van der Waals surface area contributed by atoms with Crippen LogP contribution in [0.4, 0.5) is 5.69 Å². The van der Waals surface area contributed by atoms with Crippen LogP contribution < -0.4 is 0 Å². The lowest BCUT2D eigenvalue weighted by Crippen LogP contribution is -2.35. The van der Waals surface area contributed by atoms with Gasteiger partial charge < -0.3 is 15.0 Å². The predicted octanol–water partition coefficient (Wildman–Crippen LogP) is 0.636. The lowest BCUT2D eigenvalue weighted by molar-refractivity contribution is -0.384. The Morgan fingerprint density at radius 1 is 1.61 bits per heavy atom. The maximum absolute atomic E-state index is 11.9. The molecule has 8 heteroatoms. The number of aliphatic carboxylic acids is 1. The second-order valence-electron chi connectivity index (χ2n) is 3.40. The van der Waals surface area contributed by atoms with Gasteiger partial charge >= 0.3 is 5.97 Å². The van der Waals surface area contributed by atoms with Crippen LogP contribution in [0.2, 0.25) is 0 Å². The molecule has 1 aromatic heterocycles. The molecule has 0 aliphatic heterocycles. The number of carbonyl (C=O) groups is 2. The van der Waals surface area contributed by atoms with Crippen molar-refractivity contribution in [2.75, 3.05) is 13.1 Å². The molecule has 0 aromatic carbocycles. The minimum Gasteiger partial charge on any atom is -0.480 e. The highest BCUT2D eigenvalue weighted by Gasteiger charge is 2.21. The average molecular weight is 253 g/mol. The third kappa shape index (κ3) is 3.17. The SMILES string of the molecule is C=CCN(CC(=O)O)C(=O)c1cc([N+](=O)[O-])c[nH]1. The van der Waals surface area contributed by atoms with E-state index in [2.05, 4.69) is 11.6 Å². The molecule has 1 heterocycles. The Labute approximate surface area is 102 Å². The molecule has 2 N–H and O–H groups in total. The Morgan fingerprint density at radius 3 is 2.72 bits per heavy atom. The van der Waals surface area contributed by atoms with Crippen LogP contribution >= 0.6 is 0 Å². The zero-order chi connectivity index (χ0) is 13.7. The van der Waals surface area contributed by atoms with Gasteiger partial charge in [0.1, 0.15) is 12.2 Å². The highest BCUT2D eigenvalue weighted by atomic mass is 16.6. The predicted molar refractivity (Wildman–Crippen MR) is 61.2 cm³/mol. The van der Waals surface area contributed by atoms with Crippen molar-refractivity contribution in [1.29, 1.82) is 0 Å². The number of carbonyl (C=O) groups excluding carboxylic acids is 1. The van der Waals surface area contributed by atoms with E-state index in [1.165, 1.54) is 6.08 Å². The Kier molecular flexibility index (Phi) is 4.19. The van der Waals surface area contributed by atoms with Gasteiger partial charge in [-0.3, -0.25) is 19.7 Å². The number of rotatable bonds is 6. The van der Waals surface area contributed by atoms with Gasteiger partial charge in [-0.2, -0.15) is 0 Å². The number of nitro groups is 1. The molecule has 96 valence electrons. The fourth-order valence-electron chi connectivity index (χ4n) is 1.32. The van der Waals surface area contributed by atoms with Crippen LogP contribution in [0.3, 0.4) is 0 Å². The minimum absolute atomic E-state index is 0.0372. The second-order valence-corrected chi connectivity index (χ2v) is 3.40. The molecule has 0 atom stereocenters. The number of hydrogen-bond acceptors (Lipinski definition) is 4. The molecule has 0 saturated carbocycles. The normalized spacial score (nSPS) is 9.78.